The molecule has 0 aliphatic carbocycles. The summed E-state index contributed by atoms with van der Waals surface area (Å²) in [6, 6.07) is 16.1. The Morgan fingerprint density at radius 3 is 2.43 bits per heavy atom. The second-order valence-electron chi connectivity index (χ2n) is 6.07. The fourth-order valence-electron chi connectivity index (χ4n) is 2.69. The fourth-order valence-corrected chi connectivity index (χ4v) is 2.69. The number of benzene rings is 2. The van der Waals surface area contributed by atoms with Gasteiger partial charge in [0.25, 0.3) is 0 Å². The third-order valence-electron chi connectivity index (χ3n) is 4.13. The van der Waals surface area contributed by atoms with E-state index < -0.39 is 5.97 Å². The Balaban J connectivity index is 0.00000280. The lowest BCUT2D eigenvalue weighted by Gasteiger charge is -2.03. The van der Waals surface area contributed by atoms with Gasteiger partial charge < -0.3 is 27.4 Å². The van der Waals surface area contributed by atoms with Crippen LogP contribution in [0.4, 0.5) is 0 Å². The van der Waals surface area contributed by atoms with Crippen molar-refractivity contribution in [2.75, 3.05) is 7.11 Å². The van der Waals surface area contributed by atoms with Crippen molar-refractivity contribution in [2.45, 2.75) is 6.54 Å². The highest BCUT2D eigenvalue weighted by Gasteiger charge is 2.07. The highest BCUT2D eigenvalue weighted by atomic mass is 35.5. The molecule has 0 spiro atoms. The Hall–Kier alpha value is -3.31. The molecule has 0 saturated heterocycles. The zero-order valence-corrected chi connectivity index (χ0v) is 16.0. The first-order chi connectivity index (χ1) is 13.0. The number of hydrogen-bond acceptors (Lipinski definition) is 3. The topological polar surface area (TPSA) is 70.6 Å². The minimum Gasteiger partial charge on any atom is -1.00 e. The number of aromatic hydroxyl groups is 1. The van der Waals surface area contributed by atoms with Gasteiger partial charge in [0.05, 0.1) is 12.7 Å². The average molecular weight is 398 g/mol. The van der Waals surface area contributed by atoms with Gasteiger partial charge in [0, 0.05) is 17.7 Å². The van der Waals surface area contributed by atoms with E-state index >= 15 is 0 Å². The Morgan fingerprint density at radius 2 is 1.75 bits per heavy atom. The highest BCUT2D eigenvalue weighted by molar-refractivity contribution is 5.87. The Morgan fingerprint density at radius 1 is 1.04 bits per heavy atom. The highest BCUT2D eigenvalue weighted by Crippen LogP contribution is 2.27. The lowest BCUT2D eigenvalue weighted by Crippen LogP contribution is -3.00. The van der Waals surface area contributed by atoms with E-state index in [0.717, 1.165) is 16.7 Å². The summed E-state index contributed by atoms with van der Waals surface area (Å²) in [6.07, 6.45) is 7.81. The van der Waals surface area contributed by atoms with E-state index in [1.165, 1.54) is 7.11 Å². The second kappa shape index (κ2) is 9.58. The molecule has 0 fully saturated rings. The number of carbonyl (C=O) groups is 1. The summed E-state index contributed by atoms with van der Waals surface area (Å²) in [6.45, 7) is 0.597. The van der Waals surface area contributed by atoms with Crippen LogP contribution in [-0.2, 0) is 6.54 Å². The number of pyridine rings is 1. The van der Waals surface area contributed by atoms with Crippen LogP contribution in [-0.4, -0.2) is 23.3 Å². The SMILES string of the molecule is COc1cc(/C=C\c2cc[n+](Cc3cccc(C(=O)O)c3)cc2)ccc1O.[Cl-]. The molecule has 3 rings (SSSR count). The molecular weight excluding hydrogens is 378 g/mol. The molecular formula is C22H20ClNO4. The lowest BCUT2D eigenvalue weighted by molar-refractivity contribution is -0.688. The fraction of sp³-hybridized carbons (Fsp3) is 0.0909. The molecule has 144 valence electrons. The number of aromatic carboxylic acids is 1. The average Bonchev–Trinajstić information content (AvgIpc) is 2.68. The third-order valence-corrected chi connectivity index (χ3v) is 4.13. The summed E-state index contributed by atoms with van der Waals surface area (Å²) in [5.41, 5.74) is 3.17. The third kappa shape index (κ3) is 5.34. The van der Waals surface area contributed by atoms with Gasteiger partial charge in [-0.2, -0.15) is 0 Å². The van der Waals surface area contributed by atoms with E-state index in [1.54, 1.807) is 30.3 Å². The molecule has 0 amide bonds. The van der Waals surface area contributed by atoms with Crippen LogP contribution in [0.5, 0.6) is 11.5 Å². The van der Waals surface area contributed by atoms with Crippen LogP contribution in [0.25, 0.3) is 12.2 Å². The number of phenolic OH excluding ortho intramolecular Hbond substituents is 1. The van der Waals surface area contributed by atoms with Crippen molar-refractivity contribution in [1.82, 2.24) is 0 Å². The number of halogens is 1. The summed E-state index contributed by atoms with van der Waals surface area (Å²) >= 11 is 0. The number of nitrogens with zero attached hydrogens (tertiary/aromatic N) is 1. The molecule has 0 bridgehead atoms. The minimum atomic E-state index is -0.923. The van der Waals surface area contributed by atoms with E-state index in [0.29, 0.717) is 12.3 Å². The van der Waals surface area contributed by atoms with Gasteiger partial charge >= 0.3 is 5.97 Å². The van der Waals surface area contributed by atoms with Gasteiger partial charge in [-0.1, -0.05) is 30.4 Å². The smallest absolute Gasteiger partial charge is 0.335 e. The summed E-state index contributed by atoms with van der Waals surface area (Å²) in [7, 11) is 1.52. The van der Waals surface area contributed by atoms with Crippen molar-refractivity contribution in [3.05, 3.63) is 89.2 Å². The first-order valence-electron chi connectivity index (χ1n) is 8.41. The van der Waals surface area contributed by atoms with Crippen LogP contribution in [0.3, 0.4) is 0 Å². The number of carboxylic acid groups (broad SMARTS) is 1. The number of methoxy groups -OCH3 is 1. The van der Waals surface area contributed by atoms with E-state index in [1.807, 2.05) is 53.4 Å². The van der Waals surface area contributed by atoms with E-state index in [9.17, 15) is 9.90 Å². The van der Waals surface area contributed by atoms with E-state index in [4.69, 9.17) is 9.84 Å². The summed E-state index contributed by atoms with van der Waals surface area (Å²) in [5, 5.41) is 18.7. The van der Waals surface area contributed by atoms with Crippen LogP contribution in [0, 0.1) is 0 Å². The molecule has 0 atom stereocenters. The first-order valence-corrected chi connectivity index (χ1v) is 8.41. The van der Waals surface area contributed by atoms with Crippen molar-refractivity contribution in [3.63, 3.8) is 0 Å². The number of carboxylic acids is 1. The predicted molar refractivity (Wildman–Crippen MR) is 103 cm³/mol. The molecule has 0 unspecified atom stereocenters. The number of ether oxygens (including phenoxy) is 1. The van der Waals surface area contributed by atoms with Gasteiger partial charge in [-0.15, -0.1) is 0 Å². The molecule has 5 nitrogen and oxygen atoms in total. The molecule has 3 aromatic rings. The van der Waals surface area contributed by atoms with Crippen LogP contribution in [0.15, 0.2) is 67.0 Å². The predicted octanol–water partition coefficient (Wildman–Crippen LogP) is 0.609. The minimum absolute atomic E-state index is 0. The zero-order chi connectivity index (χ0) is 19.2. The van der Waals surface area contributed by atoms with Crippen molar-refractivity contribution in [1.29, 1.82) is 0 Å². The molecule has 2 N–H and O–H groups in total. The monoisotopic (exact) mass is 397 g/mol. The maximum absolute atomic E-state index is 11.1. The first kappa shape index (κ1) is 21.0. The molecule has 0 aliphatic rings. The van der Waals surface area contributed by atoms with Gasteiger partial charge in [-0.25, -0.2) is 9.36 Å². The van der Waals surface area contributed by atoms with Crippen molar-refractivity contribution in [3.8, 4) is 11.5 Å². The number of phenols is 1. The molecule has 0 radical (unpaired) electrons. The molecule has 28 heavy (non-hydrogen) atoms. The quantitative estimate of drug-likeness (QED) is 0.598. The van der Waals surface area contributed by atoms with Gasteiger partial charge in [-0.3, -0.25) is 0 Å². The number of hydrogen-bond donors (Lipinski definition) is 2. The zero-order valence-electron chi connectivity index (χ0n) is 15.2. The second-order valence-corrected chi connectivity index (χ2v) is 6.07. The van der Waals surface area contributed by atoms with Crippen LogP contribution < -0.4 is 21.7 Å². The summed E-state index contributed by atoms with van der Waals surface area (Å²) in [4.78, 5) is 11.1. The maximum atomic E-state index is 11.1. The Labute approximate surface area is 169 Å². The number of aromatic nitrogens is 1. The van der Waals surface area contributed by atoms with Crippen molar-refractivity contribution < 1.29 is 36.7 Å². The molecule has 0 aliphatic heterocycles. The van der Waals surface area contributed by atoms with Gasteiger partial charge in [0.2, 0.25) is 0 Å². The van der Waals surface area contributed by atoms with Crippen LogP contribution in [0.2, 0.25) is 0 Å². The van der Waals surface area contributed by atoms with Gasteiger partial charge in [-0.05, 0) is 35.4 Å². The van der Waals surface area contributed by atoms with Crippen LogP contribution >= 0.6 is 0 Å². The van der Waals surface area contributed by atoms with Crippen molar-refractivity contribution >= 4 is 18.1 Å². The van der Waals surface area contributed by atoms with Crippen LogP contribution in [0.1, 0.15) is 27.0 Å². The van der Waals surface area contributed by atoms with E-state index in [2.05, 4.69) is 0 Å². The van der Waals surface area contributed by atoms with Gasteiger partial charge in [0.1, 0.15) is 0 Å². The standard InChI is InChI=1S/C22H19NO4.ClH/c1-27-21-14-17(7-8-20(21)24)6-5-16-9-11-23(12-10-16)15-18-3-2-4-19(13-18)22(25)26;/h2-14H,15H2,1H3,(H,25,26);1H. The van der Waals surface area contributed by atoms with E-state index in [-0.39, 0.29) is 23.7 Å². The Kier molecular flexibility index (Phi) is 7.18. The molecule has 6 heteroatoms. The molecule has 2 aromatic carbocycles. The molecule has 1 heterocycles. The Bertz CT molecular complexity index is 984. The van der Waals surface area contributed by atoms with Crippen molar-refractivity contribution in [2.24, 2.45) is 0 Å². The molecule has 0 saturated carbocycles. The maximum Gasteiger partial charge on any atom is 0.335 e. The number of rotatable bonds is 6. The summed E-state index contributed by atoms with van der Waals surface area (Å²) in [5.74, 6) is -0.373. The lowest BCUT2D eigenvalue weighted by atomic mass is 10.1. The largest absolute Gasteiger partial charge is 1.00 e. The normalized spacial score (nSPS) is 10.5. The summed E-state index contributed by atoms with van der Waals surface area (Å²) < 4.78 is 7.10. The van der Waals surface area contributed by atoms with Gasteiger partial charge in [0.15, 0.2) is 30.4 Å². The molecule has 1 aromatic heterocycles.